The molecule has 1 fully saturated rings. The highest BCUT2D eigenvalue weighted by atomic mass is 35.5. The third-order valence-electron chi connectivity index (χ3n) is 4.19. The van der Waals surface area contributed by atoms with Crippen LogP contribution in [0.25, 0.3) is 0 Å². The van der Waals surface area contributed by atoms with Crippen molar-refractivity contribution in [1.29, 1.82) is 5.41 Å². The minimum Gasteiger partial charge on any atom is -0.384 e. The van der Waals surface area contributed by atoms with E-state index >= 15 is 0 Å². The summed E-state index contributed by atoms with van der Waals surface area (Å²) in [6, 6.07) is 5.45. The van der Waals surface area contributed by atoms with E-state index in [0.29, 0.717) is 34.6 Å². The summed E-state index contributed by atoms with van der Waals surface area (Å²) >= 11 is 6.24. The number of hydrogen-bond acceptors (Lipinski definition) is 2. The van der Waals surface area contributed by atoms with E-state index in [0.717, 1.165) is 18.4 Å². The maximum absolute atomic E-state index is 7.42. The second-order valence-corrected chi connectivity index (χ2v) is 7.47. The Morgan fingerprint density at radius 3 is 2.71 bits per heavy atom. The highest BCUT2D eigenvalue weighted by Gasteiger charge is 2.32. The van der Waals surface area contributed by atoms with Crippen LogP contribution in [0.15, 0.2) is 18.2 Å². The first-order valence-corrected chi connectivity index (χ1v) is 7.89. The molecule has 0 spiro atoms. The fourth-order valence-electron chi connectivity index (χ4n) is 3.42. The van der Waals surface area contributed by atoms with Gasteiger partial charge in [-0.2, -0.15) is 0 Å². The van der Waals surface area contributed by atoms with Gasteiger partial charge in [0.1, 0.15) is 5.84 Å². The molecular weight excluding hydrogens is 284 g/mol. The first-order valence-electron chi connectivity index (χ1n) is 7.51. The number of rotatable bonds is 4. The van der Waals surface area contributed by atoms with E-state index < -0.39 is 0 Å². The fourth-order valence-corrected chi connectivity index (χ4v) is 3.66. The van der Waals surface area contributed by atoms with Crippen LogP contribution < -0.4 is 5.73 Å². The Hall–Kier alpha value is -1.06. The number of nitrogen functional groups attached to an aromatic ring is 1. The Morgan fingerprint density at radius 1 is 1.43 bits per heavy atom. The maximum Gasteiger partial charge on any atom is 0.122 e. The van der Waals surface area contributed by atoms with Crippen molar-refractivity contribution in [2.45, 2.75) is 52.7 Å². The van der Waals surface area contributed by atoms with Gasteiger partial charge in [-0.05, 0) is 42.2 Å². The summed E-state index contributed by atoms with van der Waals surface area (Å²) in [6.45, 7) is 7.44. The first kappa shape index (κ1) is 16.3. The van der Waals surface area contributed by atoms with Gasteiger partial charge in [0.05, 0.1) is 12.7 Å². The molecule has 1 saturated carbocycles. The van der Waals surface area contributed by atoms with Gasteiger partial charge in [0.25, 0.3) is 0 Å². The lowest BCUT2D eigenvalue weighted by Gasteiger charge is -2.38. The molecule has 3 nitrogen and oxygen atoms in total. The minimum absolute atomic E-state index is 0.0345. The fraction of sp³-hybridized carbons (Fsp3) is 0.588. The zero-order valence-corrected chi connectivity index (χ0v) is 13.8. The van der Waals surface area contributed by atoms with E-state index in [4.69, 9.17) is 27.5 Å². The van der Waals surface area contributed by atoms with Crippen LogP contribution in [0.2, 0.25) is 5.02 Å². The second-order valence-electron chi connectivity index (χ2n) is 7.07. The molecule has 2 unspecified atom stereocenters. The van der Waals surface area contributed by atoms with Gasteiger partial charge in [-0.15, -0.1) is 0 Å². The van der Waals surface area contributed by atoms with Crippen LogP contribution in [-0.2, 0) is 11.3 Å². The van der Waals surface area contributed by atoms with Crippen molar-refractivity contribution >= 4 is 17.4 Å². The third kappa shape index (κ3) is 4.45. The van der Waals surface area contributed by atoms with Crippen LogP contribution in [0, 0.1) is 16.7 Å². The van der Waals surface area contributed by atoms with Gasteiger partial charge in [-0.25, -0.2) is 0 Å². The first-order chi connectivity index (χ1) is 9.77. The number of nitrogens with one attached hydrogen (secondary N) is 1. The lowest BCUT2D eigenvalue weighted by atomic mass is 9.71. The molecular formula is C17H25ClN2O. The summed E-state index contributed by atoms with van der Waals surface area (Å²) in [5.41, 5.74) is 7.42. The zero-order valence-electron chi connectivity index (χ0n) is 13.1. The number of ether oxygens (including phenoxy) is 1. The Labute approximate surface area is 132 Å². The number of benzene rings is 1. The molecule has 1 aromatic carbocycles. The number of hydrogen-bond donors (Lipinski definition) is 2. The van der Waals surface area contributed by atoms with Crippen LogP contribution in [0.3, 0.4) is 0 Å². The SMILES string of the molecule is CC1CC(OCc2ccc(C(=N)N)cc2Cl)CC(C)(C)C1. The zero-order chi connectivity index (χ0) is 15.6. The van der Waals surface area contributed by atoms with Crippen molar-refractivity contribution in [1.82, 2.24) is 0 Å². The highest BCUT2D eigenvalue weighted by molar-refractivity contribution is 6.31. The highest BCUT2D eigenvalue weighted by Crippen LogP contribution is 2.40. The van der Waals surface area contributed by atoms with Gasteiger partial charge in [-0.3, -0.25) is 5.41 Å². The molecule has 0 heterocycles. The van der Waals surface area contributed by atoms with Crippen LogP contribution >= 0.6 is 11.6 Å². The van der Waals surface area contributed by atoms with E-state index in [1.54, 1.807) is 6.07 Å². The Kier molecular flexibility index (Phi) is 4.95. The number of halogens is 1. The number of nitrogens with two attached hydrogens (primary N) is 1. The van der Waals surface area contributed by atoms with Gasteiger partial charge in [0.15, 0.2) is 0 Å². The molecule has 21 heavy (non-hydrogen) atoms. The van der Waals surface area contributed by atoms with E-state index in [9.17, 15) is 0 Å². The van der Waals surface area contributed by atoms with Crippen LogP contribution in [0.1, 0.15) is 51.2 Å². The largest absolute Gasteiger partial charge is 0.384 e. The van der Waals surface area contributed by atoms with Crippen LogP contribution in [0.5, 0.6) is 0 Å². The Bertz CT molecular complexity index is 528. The molecule has 0 bridgehead atoms. The topological polar surface area (TPSA) is 59.1 Å². The molecule has 0 saturated heterocycles. The average Bonchev–Trinajstić information content (AvgIpc) is 2.34. The van der Waals surface area contributed by atoms with Gasteiger partial charge in [0.2, 0.25) is 0 Å². The van der Waals surface area contributed by atoms with Crippen molar-refractivity contribution in [3.05, 3.63) is 34.3 Å². The molecule has 116 valence electrons. The molecule has 1 aliphatic carbocycles. The predicted molar refractivity (Wildman–Crippen MR) is 87.8 cm³/mol. The summed E-state index contributed by atoms with van der Waals surface area (Å²) in [6.07, 6.45) is 3.78. The van der Waals surface area contributed by atoms with E-state index in [-0.39, 0.29) is 5.84 Å². The molecule has 0 amide bonds. The average molecular weight is 309 g/mol. The molecule has 1 aliphatic rings. The standard InChI is InChI=1S/C17H25ClN2O/c1-11-6-14(9-17(2,3)8-11)21-10-13-5-4-12(16(19)20)7-15(13)18/h4-5,7,11,14H,6,8-10H2,1-3H3,(H3,19,20). The summed E-state index contributed by atoms with van der Waals surface area (Å²) in [5.74, 6) is 0.738. The molecule has 3 N–H and O–H groups in total. The van der Waals surface area contributed by atoms with Gasteiger partial charge >= 0.3 is 0 Å². The molecule has 4 heteroatoms. The Morgan fingerprint density at radius 2 is 2.14 bits per heavy atom. The van der Waals surface area contributed by atoms with Crippen molar-refractivity contribution in [2.24, 2.45) is 17.1 Å². The second kappa shape index (κ2) is 6.37. The summed E-state index contributed by atoms with van der Waals surface area (Å²) in [4.78, 5) is 0. The molecule has 2 rings (SSSR count). The monoisotopic (exact) mass is 308 g/mol. The van der Waals surface area contributed by atoms with Gasteiger partial charge < -0.3 is 10.5 Å². The molecule has 1 aromatic rings. The summed E-state index contributed by atoms with van der Waals surface area (Å²) in [7, 11) is 0. The van der Waals surface area contributed by atoms with Crippen molar-refractivity contribution < 1.29 is 4.74 Å². The quantitative estimate of drug-likeness (QED) is 0.641. The molecule has 0 aromatic heterocycles. The van der Waals surface area contributed by atoms with Gasteiger partial charge in [-0.1, -0.05) is 44.5 Å². The van der Waals surface area contributed by atoms with Crippen molar-refractivity contribution in [3.8, 4) is 0 Å². The molecule has 2 atom stereocenters. The van der Waals surface area contributed by atoms with Crippen molar-refractivity contribution in [3.63, 3.8) is 0 Å². The van der Waals surface area contributed by atoms with Crippen LogP contribution in [-0.4, -0.2) is 11.9 Å². The smallest absolute Gasteiger partial charge is 0.122 e. The van der Waals surface area contributed by atoms with E-state index in [2.05, 4.69) is 20.8 Å². The normalized spacial score (nSPS) is 24.8. The lowest BCUT2D eigenvalue weighted by molar-refractivity contribution is -0.0315. The number of amidine groups is 1. The third-order valence-corrected chi connectivity index (χ3v) is 4.54. The summed E-state index contributed by atoms with van der Waals surface area (Å²) < 4.78 is 6.09. The molecule has 0 aliphatic heterocycles. The van der Waals surface area contributed by atoms with E-state index in [1.165, 1.54) is 6.42 Å². The minimum atomic E-state index is 0.0345. The summed E-state index contributed by atoms with van der Waals surface area (Å²) in [5, 5.41) is 8.04. The maximum atomic E-state index is 7.42. The van der Waals surface area contributed by atoms with Crippen LogP contribution in [0.4, 0.5) is 0 Å². The predicted octanol–water partition coefficient (Wildman–Crippen LogP) is 4.36. The molecule has 0 radical (unpaired) electrons. The Balaban J connectivity index is 1.98. The van der Waals surface area contributed by atoms with E-state index in [1.807, 2.05) is 12.1 Å². The lowest BCUT2D eigenvalue weighted by Crippen LogP contribution is -2.32. The van der Waals surface area contributed by atoms with Gasteiger partial charge in [0, 0.05) is 10.6 Å². The van der Waals surface area contributed by atoms with Crippen molar-refractivity contribution in [2.75, 3.05) is 0 Å².